The van der Waals surface area contributed by atoms with Crippen LogP contribution in [0.25, 0.3) is 0 Å². The third kappa shape index (κ3) is 2.96. The topological polar surface area (TPSA) is 50.8 Å². The number of nitrogens with zero attached hydrogens (tertiary/aromatic N) is 1. The van der Waals surface area contributed by atoms with Crippen LogP contribution < -0.4 is 5.32 Å². The van der Waals surface area contributed by atoms with Crippen molar-refractivity contribution in [2.75, 3.05) is 32.9 Å². The van der Waals surface area contributed by atoms with E-state index in [9.17, 15) is 4.79 Å². The van der Waals surface area contributed by atoms with E-state index in [1.54, 1.807) is 0 Å². The van der Waals surface area contributed by atoms with Gasteiger partial charge in [0.2, 0.25) is 5.91 Å². The van der Waals surface area contributed by atoms with E-state index in [0.29, 0.717) is 19.8 Å². The van der Waals surface area contributed by atoms with Gasteiger partial charge in [-0.05, 0) is 45.7 Å². The number of ether oxygens (including phenoxy) is 2. The standard InChI is InChI=1S/C16H28N2O3/c1-2-21-14-12-20-11-13(14)17-15(19)16(7-3-4-8-16)18-9-5-6-10-18/h13-14H,2-12H2,1H3,(H,17,19)/t13-,14-/m1/s1. The van der Waals surface area contributed by atoms with Gasteiger partial charge < -0.3 is 14.8 Å². The highest BCUT2D eigenvalue weighted by molar-refractivity contribution is 5.87. The van der Waals surface area contributed by atoms with Crippen molar-refractivity contribution in [1.29, 1.82) is 0 Å². The first-order valence-electron chi connectivity index (χ1n) is 8.51. The predicted molar refractivity (Wildman–Crippen MR) is 80.2 cm³/mol. The molecule has 3 fully saturated rings. The summed E-state index contributed by atoms with van der Waals surface area (Å²) in [6.07, 6.45) is 6.81. The molecule has 21 heavy (non-hydrogen) atoms. The average Bonchev–Trinajstić information content (AvgIpc) is 3.21. The summed E-state index contributed by atoms with van der Waals surface area (Å²) in [5.74, 6) is 0.210. The first-order valence-corrected chi connectivity index (χ1v) is 8.51. The number of nitrogens with one attached hydrogen (secondary N) is 1. The largest absolute Gasteiger partial charge is 0.376 e. The minimum Gasteiger partial charge on any atom is -0.376 e. The Labute approximate surface area is 127 Å². The molecule has 2 atom stereocenters. The van der Waals surface area contributed by atoms with Crippen molar-refractivity contribution in [3.63, 3.8) is 0 Å². The predicted octanol–water partition coefficient (Wildman–Crippen LogP) is 1.32. The van der Waals surface area contributed by atoms with Crippen LogP contribution in [0.15, 0.2) is 0 Å². The van der Waals surface area contributed by atoms with Crippen LogP contribution in [0.4, 0.5) is 0 Å². The van der Waals surface area contributed by atoms with Gasteiger partial charge in [-0.3, -0.25) is 9.69 Å². The van der Waals surface area contributed by atoms with Crippen molar-refractivity contribution in [3.05, 3.63) is 0 Å². The Bertz CT molecular complexity index is 363. The third-order valence-corrected chi connectivity index (χ3v) is 5.29. The Morgan fingerprint density at radius 2 is 1.95 bits per heavy atom. The molecule has 0 aromatic carbocycles. The summed E-state index contributed by atoms with van der Waals surface area (Å²) < 4.78 is 11.2. The summed E-state index contributed by atoms with van der Waals surface area (Å²) in [5, 5.41) is 3.24. The molecule has 3 aliphatic rings. The normalized spacial score (nSPS) is 32.6. The molecular weight excluding hydrogens is 268 g/mol. The Hall–Kier alpha value is -0.650. The molecule has 1 aliphatic carbocycles. The number of rotatable bonds is 5. The van der Waals surface area contributed by atoms with Gasteiger partial charge in [-0.25, -0.2) is 0 Å². The molecule has 0 radical (unpaired) electrons. The fourth-order valence-electron chi connectivity index (χ4n) is 4.14. The third-order valence-electron chi connectivity index (χ3n) is 5.29. The highest BCUT2D eigenvalue weighted by atomic mass is 16.5. The van der Waals surface area contributed by atoms with Crippen LogP contribution >= 0.6 is 0 Å². The van der Waals surface area contributed by atoms with Crippen LogP contribution in [0.1, 0.15) is 45.4 Å². The maximum absolute atomic E-state index is 13.0. The van der Waals surface area contributed by atoms with Crippen molar-refractivity contribution < 1.29 is 14.3 Å². The van der Waals surface area contributed by atoms with Crippen molar-refractivity contribution >= 4 is 5.91 Å². The highest BCUT2D eigenvalue weighted by Crippen LogP contribution is 2.37. The lowest BCUT2D eigenvalue weighted by molar-refractivity contribution is -0.134. The molecule has 5 heteroatoms. The Kier molecular flexibility index (Phi) is 4.82. The summed E-state index contributed by atoms with van der Waals surface area (Å²) in [6, 6.07) is 0.0116. The second kappa shape index (κ2) is 6.63. The lowest BCUT2D eigenvalue weighted by atomic mass is 9.93. The Balaban J connectivity index is 1.67. The van der Waals surface area contributed by atoms with Gasteiger partial charge in [-0.2, -0.15) is 0 Å². The van der Waals surface area contributed by atoms with Gasteiger partial charge in [-0.1, -0.05) is 12.8 Å². The first-order chi connectivity index (χ1) is 10.3. The molecule has 1 saturated carbocycles. The molecule has 5 nitrogen and oxygen atoms in total. The smallest absolute Gasteiger partial charge is 0.240 e. The lowest BCUT2D eigenvalue weighted by Crippen LogP contribution is -2.59. The SMILES string of the molecule is CCO[C@@H]1COC[C@H]1NC(=O)C1(N2CCCC2)CCCC1. The van der Waals surface area contributed by atoms with Crippen LogP contribution in [0.3, 0.4) is 0 Å². The van der Waals surface area contributed by atoms with Crippen LogP contribution in [0.2, 0.25) is 0 Å². The molecule has 0 spiro atoms. The quantitative estimate of drug-likeness (QED) is 0.831. The van der Waals surface area contributed by atoms with E-state index in [0.717, 1.165) is 25.9 Å². The van der Waals surface area contributed by atoms with Crippen LogP contribution in [-0.2, 0) is 14.3 Å². The van der Waals surface area contributed by atoms with Crippen LogP contribution in [-0.4, -0.2) is 61.4 Å². The van der Waals surface area contributed by atoms with Crippen molar-refractivity contribution in [3.8, 4) is 0 Å². The fraction of sp³-hybridized carbons (Fsp3) is 0.938. The van der Waals surface area contributed by atoms with Gasteiger partial charge in [0.15, 0.2) is 0 Å². The molecule has 0 unspecified atom stereocenters. The number of carbonyl (C=O) groups excluding carboxylic acids is 1. The van der Waals surface area contributed by atoms with E-state index >= 15 is 0 Å². The van der Waals surface area contributed by atoms with Crippen molar-refractivity contribution in [2.45, 2.75) is 63.1 Å². The summed E-state index contributed by atoms with van der Waals surface area (Å²) in [7, 11) is 0. The fourth-order valence-corrected chi connectivity index (χ4v) is 4.14. The maximum atomic E-state index is 13.0. The van der Waals surface area contributed by atoms with Gasteiger partial charge >= 0.3 is 0 Å². The monoisotopic (exact) mass is 296 g/mol. The maximum Gasteiger partial charge on any atom is 0.240 e. The Morgan fingerprint density at radius 1 is 1.24 bits per heavy atom. The summed E-state index contributed by atoms with van der Waals surface area (Å²) in [6.45, 7) is 5.96. The molecule has 0 aromatic heterocycles. The zero-order valence-electron chi connectivity index (χ0n) is 13.1. The molecular formula is C16H28N2O3. The van der Waals surface area contributed by atoms with Gasteiger partial charge in [0.25, 0.3) is 0 Å². The van der Waals surface area contributed by atoms with Gasteiger partial charge in [-0.15, -0.1) is 0 Å². The van der Waals surface area contributed by atoms with Crippen LogP contribution in [0, 0.1) is 0 Å². The summed E-state index contributed by atoms with van der Waals surface area (Å²) in [4.78, 5) is 15.4. The zero-order chi connectivity index (χ0) is 14.7. The first kappa shape index (κ1) is 15.3. The molecule has 2 aliphatic heterocycles. The molecule has 2 heterocycles. The molecule has 120 valence electrons. The van der Waals surface area contributed by atoms with E-state index in [2.05, 4.69) is 10.2 Å². The minimum atomic E-state index is -0.254. The van der Waals surface area contributed by atoms with Gasteiger partial charge in [0.1, 0.15) is 11.6 Å². The van der Waals surface area contributed by atoms with Gasteiger partial charge in [0, 0.05) is 6.61 Å². The van der Waals surface area contributed by atoms with E-state index in [4.69, 9.17) is 9.47 Å². The summed E-state index contributed by atoms with van der Waals surface area (Å²) >= 11 is 0. The van der Waals surface area contributed by atoms with Gasteiger partial charge in [0.05, 0.1) is 19.3 Å². The number of amides is 1. The number of hydrogen-bond donors (Lipinski definition) is 1. The summed E-state index contributed by atoms with van der Waals surface area (Å²) in [5.41, 5.74) is -0.254. The number of hydrogen-bond acceptors (Lipinski definition) is 4. The molecule has 2 saturated heterocycles. The molecule has 1 N–H and O–H groups in total. The van der Waals surface area contributed by atoms with Crippen LogP contribution in [0.5, 0.6) is 0 Å². The van der Waals surface area contributed by atoms with E-state index < -0.39 is 0 Å². The number of likely N-dealkylation sites (tertiary alicyclic amines) is 1. The second-order valence-electron chi connectivity index (χ2n) is 6.54. The van der Waals surface area contributed by atoms with Crippen molar-refractivity contribution in [2.24, 2.45) is 0 Å². The molecule has 0 aromatic rings. The Morgan fingerprint density at radius 3 is 2.62 bits per heavy atom. The molecule has 3 rings (SSSR count). The number of carbonyl (C=O) groups is 1. The minimum absolute atomic E-state index is 0.0102. The lowest BCUT2D eigenvalue weighted by Gasteiger charge is -2.38. The highest BCUT2D eigenvalue weighted by Gasteiger charge is 2.48. The van der Waals surface area contributed by atoms with E-state index in [1.807, 2.05) is 6.92 Å². The zero-order valence-corrected chi connectivity index (χ0v) is 13.1. The van der Waals surface area contributed by atoms with Crippen molar-refractivity contribution in [1.82, 2.24) is 10.2 Å². The average molecular weight is 296 g/mol. The van der Waals surface area contributed by atoms with E-state index in [-0.39, 0.29) is 23.6 Å². The molecule has 1 amide bonds. The van der Waals surface area contributed by atoms with E-state index in [1.165, 1.54) is 25.7 Å². The molecule has 0 bridgehead atoms. The second-order valence-corrected chi connectivity index (χ2v) is 6.54.